The monoisotopic (exact) mass is 302 g/mol. The van der Waals surface area contributed by atoms with E-state index in [2.05, 4.69) is 31.3 Å². The first kappa shape index (κ1) is 15.3. The number of rotatable bonds is 4. The van der Waals surface area contributed by atoms with Crippen LogP contribution in [0.25, 0.3) is 0 Å². The van der Waals surface area contributed by atoms with Crippen LogP contribution in [0.15, 0.2) is 30.3 Å². The van der Waals surface area contributed by atoms with Gasteiger partial charge in [0.15, 0.2) is 0 Å². The summed E-state index contributed by atoms with van der Waals surface area (Å²) in [6, 6.07) is 10.2. The van der Waals surface area contributed by atoms with E-state index in [1.807, 2.05) is 23.1 Å². The Morgan fingerprint density at radius 1 is 1.14 bits per heavy atom. The molecule has 1 aromatic rings. The molecular formula is C18H26N2O2. The maximum atomic E-state index is 12.5. The van der Waals surface area contributed by atoms with Crippen molar-refractivity contribution in [2.75, 3.05) is 13.1 Å². The number of likely N-dealkylation sites (tertiary alicyclic amines) is 1. The Bertz CT molecular complexity index is 497. The van der Waals surface area contributed by atoms with Crippen LogP contribution in [0.5, 0.6) is 0 Å². The number of hydrogen-bond donors (Lipinski definition) is 1. The van der Waals surface area contributed by atoms with Crippen LogP contribution < -0.4 is 5.32 Å². The van der Waals surface area contributed by atoms with Crippen molar-refractivity contribution in [3.63, 3.8) is 0 Å². The van der Waals surface area contributed by atoms with Gasteiger partial charge in [-0.2, -0.15) is 0 Å². The topological polar surface area (TPSA) is 44.9 Å². The molecule has 22 heavy (non-hydrogen) atoms. The minimum absolute atomic E-state index is 0.0477. The summed E-state index contributed by atoms with van der Waals surface area (Å²) >= 11 is 0. The number of carbonyl (C=O) groups excluding carboxylic acids is 1. The van der Waals surface area contributed by atoms with Gasteiger partial charge in [0, 0.05) is 13.1 Å². The van der Waals surface area contributed by atoms with Gasteiger partial charge in [-0.05, 0) is 30.7 Å². The minimum atomic E-state index is -0.0528. The summed E-state index contributed by atoms with van der Waals surface area (Å²) in [6.07, 6.45) is 3.78. The molecule has 2 aliphatic heterocycles. The molecule has 2 amide bonds. The molecule has 1 N–H and O–H groups in total. The molecule has 0 radical (unpaired) electrons. The smallest absolute Gasteiger partial charge is 0.317 e. The summed E-state index contributed by atoms with van der Waals surface area (Å²) in [6.45, 7) is 6.07. The third-order valence-corrected chi connectivity index (χ3v) is 4.63. The predicted molar refractivity (Wildman–Crippen MR) is 86.6 cm³/mol. The van der Waals surface area contributed by atoms with Gasteiger partial charge in [0.2, 0.25) is 0 Å². The van der Waals surface area contributed by atoms with Crippen LogP contribution in [0.1, 0.15) is 44.7 Å². The van der Waals surface area contributed by atoms with Gasteiger partial charge in [-0.15, -0.1) is 0 Å². The van der Waals surface area contributed by atoms with Crippen molar-refractivity contribution in [3.05, 3.63) is 35.9 Å². The van der Waals surface area contributed by atoms with Crippen LogP contribution in [0.3, 0.4) is 0 Å². The van der Waals surface area contributed by atoms with Crippen LogP contribution in [0, 0.1) is 5.92 Å². The van der Waals surface area contributed by atoms with E-state index >= 15 is 0 Å². The van der Waals surface area contributed by atoms with Crippen LogP contribution in [-0.2, 0) is 4.74 Å². The van der Waals surface area contributed by atoms with Crippen molar-refractivity contribution in [2.45, 2.75) is 51.4 Å². The molecule has 2 heterocycles. The number of nitrogens with one attached hydrogen (secondary N) is 1. The molecule has 4 heteroatoms. The molecule has 1 aromatic carbocycles. The molecule has 4 nitrogen and oxygen atoms in total. The molecule has 2 unspecified atom stereocenters. The van der Waals surface area contributed by atoms with Gasteiger partial charge in [0.25, 0.3) is 0 Å². The lowest BCUT2D eigenvalue weighted by molar-refractivity contribution is 0.179. The highest BCUT2D eigenvalue weighted by Crippen LogP contribution is 2.38. The molecule has 120 valence electrons. The lowest BCUT2D eigenvalue weighted by Crippen LogP contribution is -2.45. The number of ether oxygens (including phenoxy) is 1. The molecule has 0 aromatic heterocycles. The largest absolute Gasteiger partial charge is 0.367 e. The predicted octanol–water partition coefficient (Wildman–Crippen LogP) is 3.35. The summed E-state index contributed by atoms with van der Waals surface area (Å²) in [5.41, 5.74) is 1.13. The zero-order chi connectivity index (χ0) is 15.5. The third-order valence-electron chi connectivity index (χ3n) is 4.63. The van der Waals surface area contributed by atoms with Gasteiger partial charge < -0.3 is 15.0 Å². The van der Waals surface area contributed by atoms with Gasteiger partial charge in [-0.25, -0.2) is 4.79 Å². The molecule has 0 saturated carbocycles. The van der Waals surface area contributed by atoms with Crippen LogP contribution in [0.2, 0.25) is 0 Å². The molecule has 2 fully saturated rings. The zero-order valence-corrected chi connectivity index (χ0v) is 13.5. The molecule has 2 aliphatic rings. The maximum Gasteiger partial charge on any atom is 0.317 e. The highest BCUT2D eigenvalue weighted by Gasteiger charge is 2.47. The Hall–Kier alpha value is -1.55. The normalized spacial score (nSPS) is 25.9. The molecule has 0 bridgehead atoms. The van der Waals surface area contributed by atoms with E-state index in [0.29, 0.717) is 5.92 Å². The Morgan fingerprint density at radius 3 is 2.41 bits per heavy atom. The fraction of sp³-hybridized carbons (Fsp3) is 0.611. The number of epoxide rings is 1. The lowest BCUT2D eigenvalue weighted by atomic mass is 9.97. The Balaban J connectivity index is 1.70. The van der Waals surface area contributed by atoms with E-state index in [-0.39, 0.29) is 24.3 Å². The number of amides is 2. The van der Waals surface area contributed by atoms with E-state index in [0.717, 1.165) is 31.5 Å². The summed E-state index contributed by atoms with van der Waals surface area (Å²) in [5, 5.41) is 3.21. The average molecular weight is 302 g/mol. The van der Waals surface area contributed by atoms with E-state index in [1.165, 1.54) is 6.42 Å². The first-order chi connectivity index (χ1) is 10.7. The van der Waals surface area contributed by atoms with E-state index in [4.69, 9.17) is 4.74 Å². The molecule has 0 aliphatic carbocycles. The second-order valence-corrected chi connectivity index (χ2v) is 6.69. The van der Waals surface area contributed by atoms with E-state index < -0.39 is 0 Å². The summed E-state index contributed by atoms with van der Waals surface area (Å²) in [7, 11) is 0. The first-order valence-corrected chi connectivity index (χ1v) is 8.42. The van der Waals surface area contributed by atoms with E-state index in [1.54, 1.807) is 0 Å². The van der Waals surface area contributed by atoms with Crippen molar-refractivity contribution in [1.29, 1.82) is 0 Å². The Kier molecular flexibility index (Phi) is 4.67. The molecule has 3 rings (SSSR count). The van der Waals surface area contributed by atoms with Gasteiger partial charge in [0.1, 0.15) is 6.10 Å². The van der Waals surface area contributed by atoms with Crippen molar-refractivity contribution in [1.82, 2.24) is 10.2 Å². The fourth-order valence-electron chi connectivity index (χ4n) is 3.28. The molecule has 2 saturated heterocycles. The number of urea groups is 1. The number of hydrogen-bond acceptors (Lipinski definition) is 2. The first-order valence-electron chi connectivity index (χ1n) is 8.42. The maximum absolute atomic E-state index is 12.5. The van der Waals surface area contributed by atoms with Crippen molar-refractivity contribution >= 4 is 6.03 Å². The Morgan fingerprint density at radius 2 is 1.82 bits per heavy atom. The van der Waals surface area contributed by atoms with Crippen molar-refractivity contribution in [2.24, 2.45) is 5.92 Å². The number of carbonyl (C=O) groups is 1. The summed E-state index contributed by atoms with van der Waals surface area (Å²) < 4.78 is 5.85. The van der Waals surface area contributed by atoms with Gasteiger partial charge in [-0.1, -0.05) is 44.2 Å². The number of nitrogens with zero attached hydrogens (tertiary/aromatic N) is 1. The second-order valence-electron chi connectivity index (χ2n) is 6.69. The lowest BCUT2D eigenvalue weighted by Gasteiger charge is -2.29. The fourth-order valence-corrected chi connectivity index (χ4v) is 3.28. The minimum Gasteiger partial charge on any atom is -0.367 e. The van der Waals surface area contributed by atoms with Crippen LogP contribution in [0.4, 0.5) is 4.79 Å². The highest BCUT2D eigenvalue weighted by molar-refractivity contribution is 5.75. The van der Waals surface area contributed by atoms with Gasteiger partial charge >= 0.3 is 6.03 Å². The van der Waals surface area contributed by atoms with Crippen LogP contribution in [-0.4, -0.2) is 36.2 Å². The summed E-state index contributed by atoms with van der Waals surface area (Å²) in [5.74, 6) is 0.475. The zero-order valence-electron chi connectivity index (χ0n) is 13.5. The van der Waals surface area contributed by atoms with Gasteiger partial charge in [-0.3, -0.25) is 0 Å². The van der Waals surface area contributed by atoms with E-state index in [9.17, 15) is 4.79 Å². The number of piperidine rings is 1. The number of benzene rings is 1. The Labute approximate surface area is 132 Å². The standard InChI is InChI=1S/C18H26N2O2/c1-13(2)16-17(22-16)15(14-9-5-3-6-10-14)19-18(21)20-11-7-4-8-12-20/h3,5-6,9-10,13,15-17H,4,7-8,11-12H2,1-2H3,(H,19,21)/t15-,16?,17?/m1/s1. The van der Waals surface area contributed by atoms with Crippen LogP contribution >= 0.6 is 0 Å². The SMILES string of the molecule is CC(C)C1OC1[C@H](NC(=O)N1CCCCC1)c1ccccc1. The molecular weight excluding hydrogens is 276 g/mol. The van der Waals surface area contributed by atoms with Crippen molar-refractivity contribution in [3.8, 4) is 0 Å². The van der Waals surface area contributed by atoms with Crippen molar-refractivity contribution < 1.29 is 9.53 Å². The average Bonchev–Trinajstić information content (AvgIpc) is 3.34. The second kappa shape index (κ2) is 6.69. The molecule has 0 spiro atoms. The van der Waals surface area contributed by atoms with Gasteiger partial charge in [0.05, 0.1) is 12.1 Å². The molecule has 3 atom stereocenters. The summed E-state index contributed by atoms with van der Waals surface area (Å²) in [4.78, 5) is 14.5. The third kappa shape index (κ3) is 3.43. The quantitative estimate of drug-likeness (QED) is 0.867. The highest BCUT2D eigenvalue weighted by atomic mass is 16.6.